The third-order valence-electron chi connectivity index (χ3n) is 2.35. The Balaban J connectivity index is 2.33. The van der Waals surface area contributed by atoms with Gasteiger partial charge in [-0.15, -0.1) is 11.3 Å². The first-order chi connectivity index (χ1) is 8.25. The minimum absolute atomic E-state index is 0.0589. The zero-order chi connectivity index (χ0) is 13.6. The van der Waals surface area contributed by atoms with E-state index < -0.39 is 24.2 Å². The average Bonchev–Trinajstić information content (AvgIpc) is 2.83. The molecule has 2 rings (SSSR count). The Morgan fingerprint density at radius 1 is 1.61 bits per heavy atom. The van der Waals surface area contributed by atoms with Gasteiger partial charge in [-0.25, -0.2) is 0 Å². The van der Waals surface area contributed by atoms with E-state index in [1.807, 2.05) is 0 Å². The molecule has 1 aromatic rings. The zero-order valence-electron chi connectivity index (χ0n) is 8.61. The minimum atomic E-state index is -4.96. The van der Waals surface area contributed by atoms with Crippen LogP contribution >= 0.6 is 27.3 Å². The van der Waals surface area contributed by atoms with E-state index in [1.54, 1.807) is 5.38 Å². The molecule has 98 valence electrons. The number of carbonyl (C=O) groups is 1. The summed E-state index contributed by atoms with van der Waals surface area (Å²) in [5, 5.41) is 14.5. The highest BCUT2D eigenvalue weighted by Gasteiger charge is 2.61. The molecule has 0 aromatic carbocycles. The fourth-order valence-electron chi connectivity index (χ4n) is 1.42. The topological polar surface area (TPSA) is 52.9 Å². The van der Waals surface area contributed by atoms with Crippen LogP contribution in [0.3, 0.4) is 0 Å². The molecular formula is C9H6BrF3N2O2S. The first-order valence-electron chi connectivity index (χ1n) is 4.66. The number of hydrazone groups is 1. The molecule has 1 aliphatic heterocycles. The fraction of sp³-hybridized carbons (Fsp3) is 0.333. The van der Waals surface area contributed by atoms with Gasteiger partial charge in [-0.3, -0.25) is 4.79 Å². The van der Waals surface area contributed by atoms with Crippen LogP contribution in [0.2, 0.25) is 0 Å². The predicted molar refractivity (Wildman–Crippen MR) is 62.3 cm³/mol. The quantitative estimate of drug-likeness (QED) is 0.852. The van der Waals surface area contributed by atoms with Crippen molar-refractivity contribution in [3.63, 3.8) is 0 Å². The van der Waals surface area contributed by atoms with Crippen LogP contribution in [0.5, 0.6) is 0 Å². The summed E-state index contributed by atoms with van der Waals surface area (Å²) in [5.74, 6) is -0.987. The number of carbonyl (C=O) groups excluding carboxylic acids is 1. The highest BCUT2D eigenvalue weighted by atomic mass is 79.9. The first kappa shape index (κ1) is 13.5. The molecule has 0 saturated carbocycles. The number of amides is 1. The first-order valence-corrected chi connectivity index (χ1v) is 6.33. The average molecular weight is 343 g/mol. The zero-order valence-corrected chi connectivity index (χ0v) is 11.0. The van der Waals surface area contributed by atoms with Crippen molar-refractivity contribution in [2.45, 2.75) is 18.3 Å². The monoisotopic (exact) mass is 342 g/mol. The summed E-state index contributed by atoms with van der Waals surface area (Å²) < 4.78 is 38.8. The van der Waals surface area contributed by atoms with E-state index in [0.29, 0.717) is 4.47 Å². The lowest BCUT2D eigenvalue weighted by molar-refractivity contribution is -0.297. The summed E-state index contributed by atoms with van der Waals surface area (Å²) in [6, 6.07) is 1.37. The summed E-state index contributed by atoms with van der Waals surface area (Å²) in [7, 11) is 0. The Bertz CT molecular complexity index is 516. The van der Waals surface area contributed by atoms with Gasteiger partial charge >= 0.3 is 6.18 Å². The molecule has 0 unspecified atom stereocenters. The Morgan fingerprint density at radius 3 is 2.78 bits per heavy atom. The van der Waals surface area contributed by atoms with Gasteiger partial charge in [0, 0.05) is 22.5 Å². The molecule has 0 radical (unpaired) electrons. The number of rotatable bonds is 1. The Morgan fingerprint density at radius 2 is 2.28 bits per heavy atom. The molecule has 9 heteroatoms. The maximum atomic E-state index is 12.7. The predicted octanol–water partition coefficient (Wildman–Crippen LogP) is 2.59. The van der Waals surface area contributed by atoms with Gasteiger partial charge in [0.15, 0.2) is 0 Å². The molecule has 1 aromatic heterocycles. The summed E-state index contributed by atoms with van der Waals surface area (Å²) in [4.78, 5) is 11.9. The lowest BCUT2D eigenvalue weighted by Gasteiger charge is -2.32. The second-order valence-corrected chi connectivity index (χ2v) is 5.39. The number of nitrogens with zero attached hydrogens (tertiary/aromatic N) is 2. The summed E-state index contributed by atoms with van der Waals surface area (Å²) >= 11 is 4.06. The summed E-state index contributed by atoms with van der Waals surface area (Å²) in [6.07, 6.45) is -4.86. The Kier molecular flexibility index (Phi) is 3.24. The highest BCUT2D eigenvalue weighted by molar-refractivity contribution is 9.10. The van der Waals surface area contributed by atoms with Gasteiger partial charge in [0.05, 0.1) is 4.88 Å². The molecule has 2 heterocycles. The van der Waals surface area contributed by atoms with Crippen molar-refractivity contribution in [1.82, 2.24) is 5.01 Å². The van der Waals surface area contributed by atoms with Crippen molar-refractivity contribution in [1.29, 1.82) is 0 Å². The van der Waals surface area contributed by atoms with Crippen LogP contribution < -0.4 is 0 Å². The van der Waals surface area contributed by atoms with Gasteiger partial charge in [0.1, 0.15) is 0 Å². The molecule has 0 bridgehead atoms. The summed E-state index contributed by atoms with van der Waals surface area (Å²) in [5.41, 5.74) is -3.26. The Hall–Kier alpha value is -0.930. The molecule has 1 amide bonds. The van der Waals surface area contributed by atoms with E-state index in [4.69, 9.17) is 0 Å². The van der Waals surface area contributed by atoms with Gasteiger partial charge in [-0.1, -0.05) is 0 Å². The smallest absolute Gasteiger partial charge is 0.362 e. The van der Waals surface area contributed by atoms with Crippen molar-refractivity contribution in [2.24, 2.45) is 5.10 Å². The van der Waals surface area contributed by atoms with Crippen molar-refractivity contribution in [3.8, 4) is 0 Å². The van der Waals surface area contributed by atoms with Gasteiger partial charge in [0.2, 0.25) is 0 Å². The second kappa shape index (κ2) is 4.32. The molecule has 0 fully saturated rings. The van der Waals surface area contributed by atoms with Crippen molar-refractivity contribution in [2.75, 3.05) is 0 Å². The molecule has 0 saturated heterocycles. The van der Waals surface area contributed by atoms with E-state index in [0.717, 1.165) is 17.6 Å². The van der Waals surface area contributed by atoms with E-state index in [1.165, 1.54) is 6.07 Å². The van der Waals surface area contributed by atoms with Crippen LogP contribution in [-0.4, -0.2) is 34.1 Å². The SMILES string of the molecule is O=C(c1cc(Br)cs1)N1N=CC[C@]1(O)C(F)(F)F. The van der Waals surface area contributed by atoms with E-state index in [2.05, 4.69) is 21.0 Å². The molecule has 1 aliphatic rings. The van der Waals surface area contributed by atoms with Crippen LogP contribution in [-0.2, 0) is 0 Å². The van der Waals surface area contributed by atoms with E-state index >= 15 is 0 Å². The largest absolute Gasteiger partial charge is 0.438 e. The van der Waals surface area contributed by atoms with Crippen LogP contribution in [0, 0.1) is 0 Å². The number of thiophene rings is 1. The maximum Gasteiger partial charge on any atom is 0.438 e. The lowest BCUT2D eigenvalue weighted by atomic mass is 10.1. The molecule has 18 heavy (non-hydrogen) atoms. The number of alkyl halides is 3. The van der Waals surface area contributed by atoms with Gasteiger partial charge in [-0.2, -0.15) is 23.3 Å². The third kappa shape index (κ3) is 2.06. The van der Waals surface area contributed by atoms with Crippen LogP contribution in [0.15, 0.2) is 21.0 Å². The van der Waals surface area contributed by atoms with E-state index in [9.17, 15) is 23.1 Å². The van der Waals surface area contributed by atoms with Gasteiger partial charge < -0.3 is 5.11 Å². The summed E-state index contributed by atoms with van der Waals surface area (Å²) in [6.45, 7) is 0. The molecule has 0 spiro atoms. The van der Waals surface area contributed by atoms with Crippen LogP contribution in [0.1, 0.15) is 16.1 Å². The molecule has 0 aliphatic carbocycles. The van der Waals surface area contributed by atoms with Crippen LogP contribution in [0.4, 0.5) is 13.2 Å². The third-order valence-corrected chi connectivity index (χ3v) is 4.03. The standard InChI is InChI=1S/C9H6BrF3N2O2S/c10-5-3-6(18-4-5)7(16)15-8(17,1-2-14-15)9(11,12)13/h2-4,17H,1H2/t8-/m0/s1. The minimum Gasteiger partial charge on any atom is -0.362 e. The van der Waals surface area contributed by atoms with E-state index in [-0.39, 0.29) is 9.89 Å². The number of aliphatic hydroxyl groups is 1. The molecule has 4 nitrogen and oxygen atoms in total. The molecular weight excluding hydrogens is 337 g/mol. The van der Waals surface area contributed by atoms with Crippen LogP contribution in [0.25, 0.3) is 0 Å². The van der Waals surface area contributed by atoms with Crippen molar-refractivity contribution in [3.05, 3.63) is 20.8 Å². The highest BCUT2D eigenvalue weighted by Crippen LogP contribution is 2.39. The van der Waals surface area contributed by atoms with Crippen molar-refractivity contribution < 1.29 is 23.1 Å². The number of hydrogen-bond acceptors (Lipinski definition) is 4. The van der Waals surface area contributed by atoms with Crippen molar-refractivity contribution >= 4 is 39.4 Å². The normalized spacial score (nSPS) is 23.7. The molecule has 1 atom stereocenters. The number of hydrogen-bond donors (Lipinski definition) is 1. The Labute approximate surface area is 112 Å². The van der Waals surface area contributed by atoms with Gasteiger partial charge in [0.25, 0.3) is 11.6 Å². The second-order valence-electron chi connectivity index (χ2n) is 3.56. The maximum absolute atomic E-state index is 12.7. The molecule has 1 N–H and O–H groups in total. The fourth-order valence-corrected chi connectivity index (χ4v) is 2.77. The lowest BCUT2D eigenvalue weighted by Crippen LogP contribution is -2.56. The number of halogens is 4. The van der Waals surface area contributed by atoms with Gasteiger partial charge in [-0.05, 0) is 22.0 Å².